The average Bonchev–Trinajstić information content (AvgIpc) is 2.63. The Hall–Kier alpha value is 0.420. The monoisotopic (exact) mass is 333 g/mol. The number of piperazine rings is 1. The number of nitrogens with zero attached hydrogens (tertiary/aromatic N) is 3. The van der Waals surface area contributed by atoms with Crippen LogP contribution in [0.25, 0.3) is 0 Å². The predicted molar refractivity (Wildman–Crippen MR) is 86.2 cm³/mol. The summed E-state index contributed by atoms with van der Waals surface area (Å²) in [5.74, 6) is 0. The van der Waals surface area contributed by atoms with Crippen molar-refractivity contribution < 1.29 is 0 Å². The molecule has 0 saturated carbocycles. The zero-order valence-corrected chi connectivity index (χ0v) is 14.1. The van der Waals surface area contributed by atoms with Gasteiger partial charge in [-0.25, -0.2) is 4.98 Å². The van der Waals surface area contributed by atoms with Gasteiger partial charge in [-0.05, 0) is 20.4 Å². The molecule has 1 aliphatic rings. The molecule has 0 amide bonds. The van der Waals surface area contributed by atoms with E-state index in [1.54, 1.807) is 11.3 Å². The van der Waals surface area contributed by atoms with E-state index in [9.17, 15) is 0 Å². The van der Waals surface area contributed by atoms with Gasteiger partial charge in [-0.3, -0.25) is 0 Å². The first-order chi connectivity index (χ1) is 7.25. The van der Waals surface area contributed by atoms with Crippen molar-refractivity contribution in [1.82, 2.24) is 14.8 Å². The second kappa shape index (κ2) is 10.2. The first kappa shape index (κ1) is 20.7. The van der Waals surface area contributed by atoms with Crippen LogP contribution in [0.15, 0.2) is 5.51 Å². The molecule has 1 saturated heterocycles. The van der Waals surface area contributed by atoms with E-state index in [4.69, 9.17) is 0 Å². The van der Waals surface area contributed by atoms with Crippen LogP contribution in [0.1, 0.15) is 10.6 Å². The summed E-state index contributed by atoms with van der Waals surface area (Å²) in [5, 5.41) is 0. The second-order valence-corrected chi connectivity index (χ2v) is 5.20. The summed E-state index contributed by atoms with van der Waals surface area (Å²) in [6, 6.07) is 0. The SMILES string of the molecule is Cc1ncsc1CCN1CCN(C)CC1.Cl.Cl.Cl. The topological polar surface area (TPSA) is 19.4 Å². The number of rotatable bonds is 3. The Morgan fingerprint density at radius 2 is 1.78 bits per heavy atom. The minimum Gasteiger partial charge on any atom is -0.304 e. The highest BCUT2D eigenvalue weighted by molar-refractivity contribution is 7.09. The molecule has 1 aliphatic heterocycles. The Labute approximate surface area is 132 Å². The van der Waals surface area contributed by atoms with Crippen molar-refractivity contribution in [2.75, 3.05) is 39.8 Å². The Morgan fingerprint density at radius 3 is 2.28 bits per heavy atom. The third-order valence-corrected chi connectivity index (χ3v) is 4.09. The van der Waals surface area contributed by atoms with Gasteiger partial charge in [-0.15, -0.1) is 48.6 Å². The molecule has 0 bridgehead atoms. The van der Waals surface area contributed by atoms with Crippen LogP contribution in [0, 0.1) is 6.92 Å². The Balaban J connectivity index is 0. The minimum atomic E-state index is 0. The molecular weight excluding hydrogens is 313 g/mol. The molecule has 2 rings (SSSR count). The highest BCUT2D eigenvalue weighted by Gasteiger charge is 2.13. The van der Waals surface area contributed by atoms with Crippen LogP contribution < -0.4 is 0 Å². The maximum absolute atomic E-state index is 4.28. The fraction of sp³-hybridized carbons (Fsp3) is 0.727. The number of thiazole rings is 1. The number of hydrogen-bond donors (Lipinski definition) is 0. The molecule has 0 N–H and O–H groups in total. The van der Waals surface area contributed by atoms with Crippen molar-refractivity contribution in [3.63, 3.8) is 0 Å². The molecule has 1 fully saturated rings. The molecule has 1 aromatic rings. The van der Waals surface area contributed by atoms with Crippen LogP contribution in [0.3, 0.4) is 0 Å². The van der Waals surface area contributed by atoms with Crippen LogP contribution in [0.5, 0.6) is 0 Å². The minimum absolute atomic E-state index is 0. The van der Waals surface area contributed by atoms with E-state index in [1.807, 2.05) is 5.51 Å². The third kappa shape index (κ3) is 6.04. The molecule has 7 heteroatoms. The fourth-order valence-corrected chi connectivity index (χ4v) is 2.67. The van der Waals surface area contributed by atoms with Crippen LogP contribution in [0.2, 0.25) is 0 Å². The normalized spacial score (nSPS) is 16.3. The summed E-state index contributed by atoms with van der Waals surface area (Å²) >= 11 is 1.79. The lowest BCUT2D eigenvalue weighted by Gasteiger charge is -2.32. The quantitative estimate of drug-likeness (QED) is 0.846. The van der Waals surface area contributed by atoms with E-state index < -0.39 is 0 Å². The lowest BCUT2D eigenvalue weighted by Crippen LogP contribution is -2.45. The van der Waals surface area contributed by atoms with Crippen LogP contribution in [-0.2, 0) is 6.42 Å². The highest BCUT2D eigenvalue weighted by Crippen LogP contribution is 2.13. The Morgan fingerprint density at radius 1 is 1.17 bits per heavy atom. The molecule has 1 aromatic heterocycles. The van der Waals surface area contributed by atoms with Gasteiger partial charge in [0.1, 0.15) is 0 Å². The van der Waals surface area contributed by atoms with Crippen molar-refractivity contribution in [2.24, 2.45) is 0 Å². The molecule has 108 valence electrons. The highest BCUT2D eigenvalue weighted by atomic mass is 35.5. The van der Waals surface area contributed by atoms with E-state index in [0.717, 1.165) is 0 Å². The lowest BCUT2D eigenvalue weighted by molar-refractivity contribution is 0.155. The molecule has 0 aliphatic carbocycles. The van der Waals surface area contributed by atoms with Gasteiger partial charge in [0.25, 0.3) is 0 Å². The van der Waals surface area contributed by atoms with E-state index in [2.05, 4.69) is 28.8 Å². The van der Waals surface area contributed by atoms with Gasteiger partial charge in [0.2, 0.25) is 0 Å². The summed E-state index contributed by atoms with van der Waals surface area (Å²) in [7, 11) is 2.20. The van der Waals surface area contributed by atoms with Gasteiger partial charge in [0.15, 0.2) is 0 Å². The smallest absolute Gasteiger partial charge is 0.0797 e. The maximum atomic E-state index is 4.28. The molecule has 3 nitrogen and oxygen atoms in total. The molecule has 0 aromatic carbocycles. The zero-order chi connectivity index (χ0) is 10.7. The van der Waals surface area contributed by atoms with Gasteiger partial charge in [-0.1, -0.05) is 0 Å². The lowest BCUT2D eigenvalue weighted by atomic mass is 10.2. The number of aryl methyl sites for hydroxylation is 1. The number of likely N-dealkylation sites (N-methyl/N-ethyl adjacent to an activating group) is 1. The first-order valence-electron chi connectivity index (χ1n) is 5.55. The summed E-state index contributed by atoms with van der Waals surface area (Å²) in [5.41, 5.74) is 3.17. The molecule has 0 radical (unpaired) electrons. The average molecular weight is 335 g/mol. The van der Waals surface area contributed by atoms with E-state index in [0.29, 0.717) is 0 Å². The second-order valence-electron chi connectivity index (χ2n) is 4.26. The van der Waals surface area contributed by atoms with Crippen LogP contribution >= 0.6 is 48.6 Å². The number of halogens is 3. The molecule has 18 heavy (non-hydrogen) atoms. The standard InChI is InChI=1S/C11H19N3S.3ClH/c1-10-11(15-9-12-10)3-4-14-7-5-13(2)6-8-14;;;/h9H,3-8H2,1-2H3;3*1H. The largest absolute Gasteiger partial charge is 0.304 e. The summed E-state index contributed by atoms with van der Waals surface area (Å²) in [6.45, 7) is 8.15. The van der Waals surface area contributed by atoms with E-state index in [1.165, 1.54) is 49.7 Å². The molecular formula is C11H22Cl3N3S. The number of aromatic nitrogens is 1. The predicted octanol–water partition coefficient (Wildman–Crippen LogP) is 2.51. The summed E-state index contributed by atoms with van der Waals surface area (Å²) in [6.07, 6.45) is 1.17. The van der Waals surface area contributed by atoms with Crippen molar-refractivity contribution in [1.29, 1.82) is 0 Å². The molecule has 0 unspecified atom stereocenters. The van der Waals surface area contributed by atoms with Gasteiger partial charge in [0.05, 0.1) is 11.2 Å². The van der Waals surface area contributed by atoms with Gasteiger partial charge >= 0.3 is 0 Å². The van der Waals surface area contributed by atoms with Gasteiger partial charge < -0.3 is 9.80 Å². The maximum Gasteiger partial charge on any atom is 0.0797 e. The Bertz CT molecular complexity index is 314. The molecule has 0 atom stereocenters. The summed E-state index contributed by atoms with van der Waals surface area (Å²) in [4.78, 5) is 10.7. The molecule has 0 spiro atoms. The van der Waals surface area contributed by atoms with Crippen molar-refractivity contribution in [3.05, 3.63) is 16.1 Å². The third-order valence-electron chi connectivity index (χ3n) is 3.10. The first-order valence-corrected chi connectivity index (χ1v) is 6.43. The zero-order valence-electron chi connectivity index (χ0n) is 10.8. The Kier molecular flexibility index (Phi) is 11.8. The van der Waals surface area contributed by atoms with Crippen molar-refractivity contribution in [2.45, 2.75) is 13.3 Å². The van der Waals surface area contributed by atoms with Crippen molar-refractivity contribution in [3.8, 4) is 0 Å². The summed E-state index contributed by atoms with van der Waals surface area (Å²) < 4.78 is 0. The van der Waals surface area contributed by atoms with Gasteiger partial charge in [0, 0.05) is 37.6 Å². The number of hydrogen-bond acceptors (Lipinski definition) is 4. The molecule has 2 heterocycles. The van der Waals surface area contributed by atoms with Crippen LogP contribution in [0.4, 0.5) is 0 Å². The fourth-order valence-electron chi connectivity index (χ4n) is 1.90. The van der Waals surface area contributed by atoms with Crippen molar-refractivity contribution >= 4 is 48.6 Å². The van der Waals surface area contributed by atoms with Crippen LogP contribution in [-0.4, -0.2) is 54.6 Å². The van der Waals surface area contributed by atoms with Gasteiger partial charge in [-0.2, -0.15) is 0 Å². The van der Waals surface area contributed by atoms with E-state index in [-0.39, 0.29) is 37.2 Å². The van der Waals surface area contributed by atoms with E-state index >= 15 is 0 Å².